The van der Waals surface area contributed by atoms with Crippen LogP contribution in [0.15, 0.2) is 47.4 Å². The maximum atomic E-state index is 13.3. The SMILES string of the molecule is Cc1ccc(S(=O)(=O)N(C)CC(=O)N(Cc2c(Cl)cccc2Cl)[C@H](C)C(=O)NC(C)C)cc1. The fourth-order valence-corrected chi connectivity index (χ4v) is 4.74. The van der Waals surface area contributed by atoms with E-state index in [0.29, 0.717) is 15.6 Å². The van der Waals surface area contributed by atoms with Gasteiger partial charge in [0, 0.05) is 35.2 Å². The van der Waals surface area contributed by atoms with Crippen molar-refractivity contribution in [3.8, 4) is 0 Å². The normalized spacial score (nSPS) is 12.6. The molecule has 0 aromatic heterocycles. The van der Waals surface area contributed by atoms with Gasteiger partial charge in [0.2, 0.25) is 21.8 Å². The van der Waals surface area contributed by atoms with E-state index >= 15 is 0 Å². The van der Waals surface area contributed by atoms with Gasteiger partial charge in [-0.3, -0.25) is 9.59 Å². The molecule has 0 aliphatic rings. The predicted molar refractivity (Wildman–Crippen MR) is 131 cm³/mol. The van der Waals surface area contributed by atoms with E-state index in [1.165, 1.54) is 24.1 Å². The van der Waals surface area contributed by atoms with Gasteiger partial charge in [-0.15, -0.1) is 0 Å². The van der Waals surface area contributed by atoms with E-state index in [0.717, 1.165) is 9.87 Å². The van der Waals surface area contributed by atoms with Crippen molar-refractivity contribution in [3.63, 3.8) is 0 Å². The second-order valence-electron chi connectivity index (χ2n) is 8.14. The summed E-state index contributed by atoms with van der Waals surface area (Å²) in [5.74, 6) is -0.929. The first-order valence-electron chi connectivity index (χ1n) is 10.4. The molecular weight excluding hydrogens is 485 g/mol. The highest BCUT2D eigenvalue weighted by atomic mass is 35.5. The summed E-state index contributed by atoms with van der Waals surface area (Å²) in [5, 5.41) is 3.47. The highest BCUT2D eigenvalue weighted by molar-refractivity contribution is 7.89. The Bertz CT molecular complexity index is 1080. The van der Waals surface area contributed by atoms with Gasteiger partial charge in [-0.25, -0.2) is 8.42 Å². The summed E-state index contributed by atoms with van der Waals surface area (Å²) in [7, 11) is -2.58. The van der Waals surface area contributed by atoms with Gasteiger partial charge in [0.05, 0.1) is 11.4 Å². The Hall–Kier alpha value is -2.13. The van der Waals surface area contributed by atoms with Crippen molar-refractivity contribution in [2.75, 3.05) is 13.6 Å². The van der Waals surface area contributed by atoms with E-state index in [1.54, 1.807) is 37.3 Å². The van der Waals surface area contributed by atoms with Gasteiger partial charge < -0.3 is 10.2 Å². The van der Waals surface area contributed by atoms with Crippen LogP contribution in [0, 0.1) is 6.92 Å². The fraction of sp³-hybridized carbons (Fsp3) is 0.391. The van der Waals surface area contributed by atoms with E-state index in [-0.39, 0.29) is 23.4 Å². The lowest BCUT2D eigenvalue weighted by Gasteiger charge is -2.31. The molecule has 10 heteroatoms. The highest BCUT2D eigenvalue weighted by Gasteiger charge is 2.31. The first kappa shape index (κ1) is 27.1. The third kappa shape index (κ3) is 6.93. The van der Waals surface area contributed by atoms with Crippen LogP contribution in [0.2, 0.25) is 10.0 Å². The van der Waals surface area contributed by atoms with Crippen molar-refractivity contribution in [2.24, 2.45) is 0 Å². The van der Waals surface area contributed by atoms with Crippen molar-refractivity contribution in [3.05, 3.63) is 63.6 Å². The number of likely N-dealkylation sites (N-methyl/N-ethyl adjacent to an activating group) is 1. The number of aryl methyl sites for hydroxylation is 1. The van der Waals surface area contributed by atoms with Crippen LogP contribution in [0.3, 0.4) is 0 Å². The molecule has 0 heterocycles. The van der Waals surface area contributed by atoms with Gasteiger partial charge in [0.15, 0.2) is 0 Å². The first-order valence-corrected chi connectivity index (χ1v) is 12.6. The number of carbonyl (C=O) groups excluding carboxylic acids is 2. The predicted octanol–water partition coefficient (Wildman–Crippen LogP) is 3.86. The monoisotopic (exact) mass is 513 g/mol. The van der Waals surface area contributed by atoms with Gasteiger partial charge in [0.25, 0.3) is 0 Å². The zero-order valence-electron chi connectivity index (χ0n) is 19.3. The average Bonchev–Trinajstić information content (AvgIpc) is 2.72. The third-order valence-corrected chi connectivity index (χ3v) is 7.60. The van der Waals surface area contributed by atoms with Crippen LogP contribution < -0.4 is 5.32 Å². The second kappa shape index (κ2) is 11.3. The Morgan fingerprint density at radius 3 is 2.06 bits per heavy atom. The summed E-state index contributed by atoms with van der Waals surface area (Å²) in [6.07, 6.45) is 0. The Morgan fingerprint density at radius 1 is 1.00 bits per heavy atom. The number of hydrogen-bond donors (Lipinski definition) is 1. The van der Waals surface area contributed by atoms with Gasteiger partial charge in [-0.1, -0.05) is 47.0 Å². The number of sulfonamides is 1. The van der Waals surface area contributed by atoms with Crippen LogP contribution in [0.4, 0.5) is 0 Å². The smallest absolute Gasteiger partial charge is 0.243 e. The molecule has 33 heavy (non-hydrogen) atoms. The van der Waals surface area contributed by atoms with E-state index in [9.17, 15) is 18.0 Å². The molecule has 7 nitrogen and oxygen atoms in total. The number of hydrogen-bond acceptors (Lipinski definition) is 4. The molecule has 1 N–H and O–H groups in total. The molecule has 0 fully saturated rings. The molecule has 1 atom stereocenters. The molecule has 0 aliphatic carbocycles. The molecule has 0 spiro atoms. The number of carbonyl (C=O) groups is 2. The van der Waals surface area contributed by atoms with Crippen LogP contribution in [-0.4, -0.2) is 55.1 Å². The average molecular weight is 514 g/mol. The lowest BCUT2D eigenvalue weighted by Crippen LogP contribution is -2.51. The fourth-order valence-electron chi connectivity index (χ4n) is 3.10. The number of nitrogens with one attached hydrogen (secondary N) is 1. The first-order chi connectivity index (χ1) is 15.3. The summed E-state index contributed by atoms with van der Waals surface area (Å²) in [6.45, 7) is 6.53. The number of benzene rings is 2. The van der Waals surface area contributed by atoms with E-state index in [2.05, 4.69) is 5.32 Å². The van der Waals surface area contributed by atoms with Gasteiger partial charge in [-0.05, 0) is 52.0 Å². The molecule has 2 amide bonds. The van der Waals surface area contributed by atoms with Crippen LogP contribution in [0.25, 0.3) is 0 Å². The minimum Gasteiger partial charge on any atom is -0.352 e. The number of nitrogens with zero attached hydrogens (tertiary/aromatic N) is 2. The number of amides is 2. The third-order valence-electron chi connectivity index (χ3n) is 5.08. The van der Waals surface area contributed by atoms with E-state index in [1.807, 2.05) is 20.8 Å². The summed E-state index contributed by atoms with van der Waals surface area (Å²) in [5.41, 5.74) is 1.39. The number of rotatable bonds is 9. The Balaban J connectivity index is 2.34. The summed E-state index contributed by atoms with van der Waals surface area (Å²) in [4.78, 5) is 27.4. The number of halogens is 2. The van der Waals surface area contributed by atoms with Crippen LogP contribution in [0.5, 0.6) is 0 Å². The topological polar surface area (TPSA) is 86.8 Å². The second-order valence-corrected chi connectivity index (χ2v) is 11.0. The molecule has 2 aromatic rings. The van der Waals surface area contributed by atoms with Gasteiger partial charge in [0.1, 0.15) is 6.04 Å². The van der Waals surface area contributed by atoms with Crippen molar-refractivity contribution in [1.82, 2.24) is 14.5 Å². The van der Waals surface area contributed by atoms with Crippen molar-refractivity contribution in [1.29, 1.82) is 0 Å². The lowest BCUT2D eigenvalue weighted by atomic mass is 10.1. The van der Waals surface area contributed by atoms with Crippen molar-refractivity contribution < 1.29 is 18.0 Å². The van der Waals surface area contributed by atoms with Crippen LogP contribution in [-0.2, 0) is 26.2 Å². The quantitative estimate of drug-likeness (QED) is 0.551. The molecule has 0 saturated carbocycles. The molecule has 2 rings (SSSR count). The Labute approximate surface area is 205 Å². The van der Waals surface area contributed by atoms with Gasteiger partial charge >= 0.3 is 0 Å². The maximum Gasteiger partial charge on any atom is 0.243 e. The van der Waals surface area contributed by atoms with E-state index < -0.39 is 28.5 Å². The summed E-state index contributed by atoms with van der Waals surface area (Å²) in [6, 6.07) is 10.3. The van der Waals surface area contributed by atoms with E-state index in [4.69, 9.17) is 23.2 Å². The van der Waals surface area contributed by atoms with Crippen molar-refractivity contribution in [2.45, 2.75) is 51.2 Å². The molecule has 0 bridgehead atoms. The molecule has 2 aromatic carbocycles. The maximum absolute atomic E-state index is 13.3. The molecular formula is C23H29Cl2N3O4S. The zero-order chi connectivity index (χ0) is 24.9. The Kier molecular flexibility index (Phi) is 9.31. The van der Waals surface area contributed by atoms with Crippen LogP contribution in [0.1, 0.15) is 31.9 Å². The standard InChI is InChI=1S/C23H29Cl2N3O4S/c1-15(2)26-23(30)17(4)28(13-19-20(24)7-6-8-21(19)25)22(29)14-27(5)33(31,32)18-11-9-16(3)10-12-18/h6-12,15,17H,13-14H2,1-5H3,(H,26,30)/t17-/m1/s1. The molecule has 0 unspecified atom stereocenters. The van der Waals surface area contributed by atoms with Crippen LogP contribution >= 0.6 is 23.2 Å². The molecule has 0 saturated heterocycles. The summed E-state index contributed by atoms with van der Waals surface area (Å²) >= 11 is 12.6. The van der Waals surface area contributed by atoms with Crippen molar-refractivity contribution >= 4 is 45.0 Å². The highest BCUT2D eigenvalue weighted by Crippen LogP contribution is 2.27. The minimum atomic E-state index is -3.91. The molecule has 0 aliphatic heterocycles. The van der Waals surface area contributed by atoms with Gasteiger partial charge in [-0.2, -0.15) is 4.31 Å². The Morgan fingerprint density at radius 2 is 1.55 bits per heavy atom. The summed E-state index contributed by atoms with van der Waals surface area (Å²) < 4.78 is 26.9. The molecule has 180 valence electrons. The minimum absolute atomic E-state index is 0.0531. The lowest BCUT2D eigenvalue weighted by molar-refractivity contribution is -0.140. The largest absolute Gasteiger partial charge is 0.352 e. The molecule has 0 radical (unpaired) electrons. The zero-order valence-corrected chi connectivity index (χ0v) is 21.6.